The van der Waals surface area contributed by atoms with Gasteiger partial charge < -0.3 is 10.0 Å². The summed E-state index contributed by atoms with van der Waals surface area (Å²) in [5, 5.41) is 10.4. The molecule has 0 bridgehead atoms. The smallest absolute Gasteiger partial charge is 0.115 e. The number of hydrogen-bond acceptors (Lipinski definition) is 2. The zero-order chi connectivity index (χ0) is 32.7. The predicted octanol–water partition coefficient (Wildman–Crippen LogP) is 12.0. The Kier molecular flexibility index (Phi) is 7.42. The molecule has 2 heteroatoms. The van der Waals surface area contributed by atoms with Crippen LogP contribution in [0.15, 0.2) is 176 Å². The topological polar surface area (TPSA) is 23.5 Å². The van der Waals surface area contributed by atoms with E-state index in [4.69, 9.17) is 0 Å². The number of aromatic hydroxyl groups is 1. The molecule has 1 aliphatic rings. The lowest BCUT2D eigenvalue weighted by Gasteiger charge is -2.35. The highest BCUT2D eigenvalue weighted by Gasteiger charge is 2.46. The number of hydrogen-bond donors (Lipinski definition) is 1. The van der Waals surface area contributed by atoms with Crippen molar-refractivity contribution in [2.75, 3.05) is 4.90 Å². The van der Waals surface area contributed by atoms with Crippen LogP contribution in [0.3, 0.4) is 0 Å². The third-order valence-corrected chi connectivity index (χ3v) is 9.84. The first-order valence-corrected chi connectivity index (χ1v) is 16.7. The SMILES string of the molecule is CC(C)c1ccc(C2(c3ccc(O)cc3)c3ccccc3-c3ccc(N(c4ccccc4)c4ccc(-c5ccccc5)cc4)cc32)cc1. The van der Waals surface area contributed by atoms with Gasteiger partial charge >= 0.3 is 0 Å². The zero-order valence-corrected chi connectivity index (χ0v) is 27.2. The van der Waals surface area contributed by atoms with Crippen molar-refractivity contribution in [1.82, 2.24) is 0 Å². The van der Waals surface area contributed by atoms with E-state index in [1.807, 2.05) is 12.1 Å². The van der Waals surface area contributed by atoms with E-state index in [1.54, 1.807) is 0 Å². The van der Waals surface area contributed by atoms with Crippen molar-refractivity contribution in [3.63, 3.8) is 0 Å². The van der Waals surface area contributed by atoms with Crippen molar-refractivity contribution in [2.45, 2.75) is 25.2 Å². The molecular formula is C46H37NO. The highest BCUT2D eigenvalue weighted by Crippen LogP contribution is 2.57. The third kappa shape index (κ3) is 4.89. The first-order chi connectivity index (χ1) is 23.5. The van der Waals surface area contributed by atoms with Gasteiger partial charge in [0.25, 0.3) is 0 Å². The second kappa shape index (κ2) is 12.1. The van der Waals surface area contributed by atoms with Crippen molar-refractivity contribution >= 4 is 17.1 Å². The predicted molar refractivity (Wildman–Crippen MR) is 200 cm³/mol. The van der Waals surface area contributed by atoms with Crippen LogP contribution in [0.4, 0.5) is 17.1 Å². The summed E-state index contributed by atoms with van der Waals surface area (Å²) in [6.07, 6.45) is 0. The molecule has 8 rings (SSSR count). The van der Waals surface area contributed by atoms with Gasteiger partial charge in [-0.2, -0.15) is 0 Å². The van der Waals surface area contributed by atoms with Gasteiger partial charge in [-0.15, -0.1) is 0 Å². The number of rotatable bonds is 7. The highest BCUT2D eigenvalue weighted by molar-refractivity contribution is 5.89. The molecule has 7 aromatic rings. The van der Waals surface area contributed by atoms with Crippen molar-refractivity contribution in [3.05, 3.63) is 204 Å². The van der Waals surface area contributed by atoms with E-state index < -0.39 is 5.41 Å². The molecule has 0 amide bonds. The monoisotopic (exact) mass is 619 g/mol. The summed E-state index contributed by atoms with van der Waals surface area (Å²) < 4.78 is 0. The standard InChI is InChI=1S/C46H37NO/c1-32(2)33-17-21-36(22-18-33)46(37-23-28-41(48)29-24-37)44-16-10-9-15-42(44)43-30-27-40(31-45(43)46)47(38-13-7-4-8-14-38)39-25-19-35(20-26-39)34-11-5-3-6-12-34/h3-32,48H,1-2H3. The lowest BCUT2D eigenvalue weighted by molar-refractivity contribution is 0.475. The molecule has 2 nitrogen and oxygen atoms in total. The average Bonchev–Trinajstić information content (AvgIpc) is 3.44. The maximum absolute atomic E-state index is 10.4. The minimum atomic E-state index is -0.579. The molecule has 0 spiro atoms. The van der Waals surface area contributed by atoms with Crippen LogP contribution in [-0.2, 0) is 5.41 Å². The van der Waals surface area contributed by atoms with Crippen LogP contribution in [0.25, 0.3) is 22.3 Å². The van der Waals surface area contributed by atoms with E-state index in [-0.39, 0.29) is 5.75 Å². The Balaban J connectivity index is 1.36. The molecular weight excluding hydrogens is 583 g/mol. The molecule has 1 aliphatic carbocycles. The molecule has 0 aliphatic heterocycles. The molecule has 0 heterocycles. The fraction of sp³-hybridized carbons (Fsp3) is 0.0870. The van der Waals surface area contributed by atoms with Crippen molar-refractivity contribution < 1.29 is 5.11 Å². The Morgan fingerprint density at radius 2 is 0.979 bits per heavy atom. The van der Waals surface area contributed by atoms with Crippen LogP contribution in [0, 0.1) is 0 Å². The lowest BCUT2D eigenvalue weighted by atomic mass is 9.67. The van der Waals surface area contributed by atoms with Gasteiger partial charge in [0.15, 0.2) is 0 Å². The fourth-order valence-corrected chi connectivity index (χ4v) is 7.48. The van der Waals surface area contributed by atoms with Gasteiger partial charge in [-0.05, 0) is 105 Å². The Hall–Kier alpha value is -5.86. The fourth-order valence-electron chi connectivity index (χ4n) is 7.48. The second-order valence-corrected chi connectivity index (χ2v) is 12.9. The molecule has 1 atom stereocenters. The van der Waals surface area contributed by atoms with Crippen LogP contribution in [-0.4, -0.2) is 5.11 Å². The number of para-hydroxylation sites is 1. The number of phenols is 1. The van der Waals surface area contributed by atoms with Crippen molar-refractivity contribution in [2.24, 2.45) is 0 Å². The summed E-state index contributed by atoms with van der Waals surface area (Å²) in [6.45, 7) is 4.48. The molecule has 1 unspecified atom stereocenters. The summed E-state index contributed by atoms with van der Waals surface area (Å²) in [6, 6.07) is 62.7. The van der Waals surface area contributed by atoms with Gasteiger partial charge in [0, 0.05) is 17.1 Å². The highest BCUT2D eigenvalue weighted by atomic mass is 16.3. The maximum Gasteiger partial charge on any atom is 0.115 e. The molecule has 0 saturated carbocycles. The van der Waals surface area contributed by atoms with Crippen LogP contribution in [0.5, 0.6) is 5.75 Å². The van der Waals surface area contributed by atoms with Crippen molar-refractivity contribution in [1.29, 1.82) is 0 Å². The molecule has 232 valence electrons. The Bertz CT molecular complexity index is 2190. The van der Waals surface area contributed by atoms with Crippen molar-refractivity contribution in [3.8, 4) is 28.0 Å². The van der Waals surface area contributed by atoms with E-state index in [9.17, 15) is 5.11 Å². The van der Waals surface area contributed by atoms with Crippen LogP contribution < -0.4 is 4.90 Å². The molecule has 0 radical (unpaired) electrons. The zero-order valence-electron chi connectivity index (χ0n) is 27.2. The van der Waals surface area contributed by atoms with Crippen LogP contribution in [0.2, 0.25) is 0 Å². The van der Waals surface area contributed by atoms with Gasteiger partial charge in [-0.3, -0.25) is 0 Å². The number of anilines is 3. The van der Waals surface area contributed by atoms with E-state index >= 15 is 0 Å². The van der Waals surface area contributed by atoms with Gasteiger partial charge in [0.1, 0.15) is 5.75 Å². The first-order valence-electron chi connectivity index (χ1n) is 16.7. The second-order valence-electron chi connectivity index (χ2n) is 12.9. The number of fused-ring (bicyclic) bond motifs is 3. The summed E-state index contributed by atoms with van der Waals surface area (Å²) in [7, 11) is 0. The van der Waals surface area contributed by atoms with Crippen LogP contribution in [0.1, 0.15) is 47.6 Å². The summed E-state index contributed by atoms with van der Waals surface area (Å²) in [5.41, 5.74) is 13.7. The first kappa shape index (κ1) is 29.5. The van der Waals surface area contributed by atoms with Gasteiger partial charge in [0.05, 0.1) is 5.41 Å². The number of benzene rings is 7. The summed E-state index contributed by atoms with van der Waals surface area (Å²) >= 11 is 0. The Labute approximate surface area is 283 Å². The molecule has 0 aromatic heterocycles. The summed E-state index contributed by atoms with van der Waals surface area (Å²) in [4.78, 5) is 2.35. The molecule has 1 N–H and O–H groups in total. The van der Waals surface area contributed by atoms with Gasteiger partial charge in [-0.1, -0.05) is 141 Å². The van der Waals surface area contributed by atoms with E-state index in [1.165, 1.54) is 44.5 Å². The molecule has 0 saturated heterocycles. The Morgan fingerprint density at radius 1 is 0.458 bits per heavy atom. The number of nitrogens with zero attached hydrogens (tertiary/aromatic N) is 1. The maximum atomic E-state index is 10.4. The average molecular weight is 620 g/mol. The minimum Gasteiger partial charge on any atom is -0.508 e. The normalized spacial score (nSPS) is 14.8. The molecule has 7 aromatic carbocycles. The third-order valence-electron chi connectivity index (χ3n) is 9.84. The summed E-state index contributed by atoms with van der Waals surface area (Å²) in [5.74, 6) is 0.699. The largest absolute Gasteiger partial charge is 0.508 e. The van der Waals surface area contributed by atoms with E-state index in [2.05, 4.69) is 183 Å². The Morgan fingerprint density at radius 3 is 1.65 bits per heavy atom. The minimum absolute atomic E-state index is 0.263. The molecule has 48 heavy (non-hydrogen) atoms. The van der Waals surface area contributed by atoms with E-state index in [0.29, 0.717) is 5.92 Å². The quantitative estimate of drug-likeness (QED) is 0.192. The van der Waals surface area contributed by atoms with Gasteiger partial charge in [-0.25, -0.2) is 0 Å². The van der Waals surface area contributed by atoms with Crippen LogP contribution >= 0.6 is 0 Å². The molecule has 0 fully saturated rings. The van der Waals surface area contributed by atoms with E-state index in [0.717, 1.165) is 22.6 Å². The number of phenolic OH excluding ortho intramolecular Hbond substituents is 1. The van der Waals surface area contributed by atoms with Gasteiger partial charge in [0.2, 0.25) is 0 Å². The lowest BCUT2D eigenvalue weighted by Crippen LogP contribution is -2.28.